The van der Waals surface area contributed by atoms with Gasteiger partial charge in [-0.2, -0.15) is 0 Å². The Morgan fingerprint density at radius 1 is 1.43 bits per heavy atom. The molecule has 0 aliphatic rings. The number of para-hydroxylation sites is 1. The summed E-state index contributed by atoms with van der Waals surface area (Å²) in [6.45, 7) is 7.89. The normalized spacial score (nSPS) is 11.8. The monoisotopic (exact) mass is 399 g/mol. The Kier molecular flexibility index (Phi) is 6.15. The van der Waals surface area contributed by atoms with Gasteiger partial charge < -0.3 is 9.26 Å². The maximum absolute atomic E-state index is 12.5. The fourth-order valence-electron chi connectivity index (χ4n) is 2.56. The van der Waals surface area contributed by atoms with Gasteiger partial charge in [0, 0.05) is 12.6 Å². The van der Waals surface area contributed by atoms with Crippen LogP contribution in [0.1, 0.15) is 12.6 Å². The minimum atomic E-state index is -0.427. The van der Waals surface area contributed by atoms with Crippen molar-refractivity contribution in [2.45, 2.75) is 30.8 Å². The maximum Gasteiger partial charge on any atom is 0.240 e. The number of aryl methyl sites for hydroxylation is 1. The molecule has 0 bridgehead atoms. The predicted octanol–water partition coefficient (Wildman–Crippen LogP) is 3.56. The second kappa shape index (κ2) is 8.75. The summed E-state index contributed by atoms with van der Waals surface area (Å²) >= 11 is 1.30. The Morgan fingerprint density at radius 3 is 2.89 bits per heavy atom. The smallest absolute Gasteiger partial charge is 0.240 e. The summed E-state index contributed by atoms with van der Waals surface area (Å²) in [7, 11) is 1.61. The van der Waals surface area contributed by atoms with Gasteiger partial charge >= 0.3 is 0 Å². The van der Waals surface area contributed by atoms with Gasteiger partial charge in [-0.05, 0) is 26.0 Å². The third-order valence-corrected chi connectivity index (χ3v) is 4.98. The van der Waals surface area contributed by atoms with Crippen LogP contribution < -0.4 is 10.1 Å². The third kappa shape index (κ3) is 4.25. The van der Waals surface area contributed by atoms with Crippen LogP contribution in [0.4, 0.5) is 5.88 Å². The van der Waals surface area contributed by atoms with Crippen LogP contribution >= 0.6 is 11.8 Å². The lowest BCUT2D eigenvalue weighted by Crippen LogP contribution is -2.22. The van der Waals surface area contributed by atoms with Gasteiger partial charge in [0.05, 0.1) is 23.6 Å². The number of amides is 1. The Bertz CT molecular complexity index is 982. The number of methoxy groups -OCH3 is 1. The van der Waals surface area contributed by atoms with Crippen LogP contribution in [0.5, 0.6) is 5.75 Å². The van der Waals surface area contributed by atoms with Gasteiger partial charge in [0.2, 0.25) is 11.8 Å². The number of thioether (sulfide) groups is 1. The highest BCUT2D eigenvalue weighted by molar-refractivity contribution is 8.00. The van der Waals surface area contributed by atoms with Crippen molar-refractivity contribution in [2.75, 3.05) is 12.4 Å². The van der Waals surface area contributed by atoms with Crippen LogP contribution in [-0.4, -0.2) is 38.2 Å². The summed E-state index contributed by atoms with van der Waals surface area (Å²) in [6.07, 6.45) is 1.76. The molecule has 3 rings (SSSR count). The van der Waals surface area contributed by atoms with E-state index in [9.17, 15) is 4.79 Å². The molecule has 1 N–H and O–H groups in total. The van der Waals surface area contributed by atoms with Crippen molar-refractivity contribution in [1.29, 1.82) is 0 Å². The molecule has 0 aliphatic heterocycles. The minimum Gasteiger partial charge on any atom is -0.496 e. The van der Waals surface area contributed by atoms with Crippen LogP contribution in [0.3, 0.4) is 0 Å². The number of carbonyl (C=O) groups is 1. The molecular weight excluding hydrogens is 378 g/mol. The van der Waals surface area contributed by atoms with Crippen LogP contribution in [0.25, 0.3) is 11.4 Å². The average molecular weight is 399 g/mol. The SMILES string of the molecule is C=CCn1c(SC(C)C(=O)Nc2cc(C)no2)nnc1-c1ccccc1OC. The van der Waals surface area contributed by atoms with E-state index in [2.05, 4.69) is 27.2 Å². The molecule has 0 spiro atoms. The number of rotatable bonds is 8. The van der Waals surface area contributed by atoms with Crippen molar-refractivity contribution in [3.63, 3.8) is 0 Å². The maximum atomic E-state index is 12.5. The molecule has 0 saturated carbocycles. The molecule has 28 heavy (non-hydrogen) atoms. The lowest BCUT2D eigenvalue weighted by atomic mass is 10.2. The first kappa shape index (κ1) is 19.7. The first-order chi connectivity index (χ1) is 13.5. The summed E-state index contributed by atoms with van der Waals surface area (Å²) in [6, 6.07) is 9.25. The highest BCUT2D eigenvalue weighted by atomic mass is 32.2. The van der Waals surface area contributed by atoms with Gasteiger partial charge in [-0.1, -0.05) is 35.1 Å². The van der Waals surface area contributed by atoms with Gasteiger partial charge in [-0.25, -0.2) is 0 Å². The van der Waals surface area contributed by atoms with Crippen molar-refractivity contribution in [1.82, 2.24) is 19.9 Å². The number of benzene rings is 1. The molecule has 9 heteroatoms. The van der Waals surface area contributed by atoms with Crippen LogP contribution in [0, 0.1) is 6.92 Å². The van der Waals surface area contributed by atoms with Crippen LogP contribution in [0.2, 0.25) is 0 Å². The van der Waals surface area contributed by atoms with E-state index in [0.29, 0.717) is 34.9 Å². The van der Waals surface area contributed by atoms with Gasteiger partial charge in [0.15, 0.2) is 11.0 Å². The molecule has 146 valence electrons. The number of anilines is 1. The summed E-state index contributed by atoms with van der Waals surface area (Å²) in [5, 5.41) is 15.2. The van der Waals surface area contributed by atoms with Crippen molar-refractivity contribution in [3.05, 3.63) is 48.7 Å². The Labute approximate surface area is 167 Å². The molecule has 1 aromatic carbocycles. The highest BCUT2D eigenvalue weighted by Gasteiger charge is 2.22. The summed E-state index contributed by atoms with van der Waals surface area (Å²) in [4.78, 5) is 12.5. The fourth-order valence-corrected chi connectivity index (χ4v) is 3.41. The van der Waals surface area contributed by atoms with E-state index in [4.69, 9.17) is 9.26 Å². The fraction of sp³-hybridized carbons (Fsp3) is 0.263. The molecule has 1 amide bonds. The Balaban J connectivity index is 1.83. The molecular formula is C19H21N5O3S. The van der Waals surface area contributed by atoms with Crippen LogP contribution in [-0.2, 0) is 11.3 Å². The number of hydrogen-bond acceptors (Lipinski definition) is 7. The number of ether oxygens (including phenoxy) is 1. The molecule has 0 radical (unpaired) electrons. The molecule has 0 aliphatic carbocycles. The zero-order valence-corrected chi connectivity index (χ0v) is 16.7. The summed E-state index contributed by atoms with van der Waals surface area (Å²) < 4.78 is 12.4. The first-order valence-corrected chi connectivity index (χ1v) is 9.49. The topological polar surface area (TPSA) is 95.1 Å². The van der Waals surface area contributed by atoms with Crippen molar-refractivity contribution in [2.24, 2.45) is 0 Å². The number of hydrogen-bond donors (Lipinski definition) is 1. The molecule has 1 atom stereocenters. The van der Waals surface area contributed by atoms with E-state index in [-0.39, 0.29) is 5.91 Å². The van der Waals surface area contributed by atoms with Gasteiger partial charge in [0.1, 0.15) is 5.75 Å². The van der Waals surface area contributed by atoms with Crippen LogP contribution in [0.15, 0.2) is 52.7 Å². The lowest BCUT2D eigenvalue weighted by Gasteiger charge is -2.13. The number of nitrogens with zero attached hydrogens (tertiary/aromatic N) is 4. The van der Waals surface area contributed by atoms with Gasteiger partial charge in [-0.15, -0.1) is 16.8 Å². The predicted molar refractivity (Wildman–Crippen MR) is 107 cm³/mol. The van der Waals surface area contributed by atoms with E-state index in [1.807, 2.05) is 28.8 Å². The molecule has 2 aromatic heterocycles. The molecule has 3 aromatic rings. The first-order valence-electron chi connectivity index (χ1n) is 8.61. The minimum absolute atomic E-state index is 0.215. The van der Waals surface area contributed by atoms with Crippen molar-refractivity contribution < 1.29 is 14.1 Å². The lowest BCUT2D eigenvalue weighted by molar-refractivity contribution is -0.115. The Morgan fingerprint density at radius 2 is 2.21 bits per heavy atom. The van der Waals surface area contributed by atoms with Gasteiger partial charge in [0.25, 0.3) is 0 Å². The van der Waals surface area contributed by atoms with E-state index in [1.54, 1.807) is 33.1 Å². The summed E-state index contributed by atoms with van der Waals surface area (Å²) in [5.74, 6) is 1.45. The molecule has 0 fully saturated rings. The van der Waals surface area contributed by atoms with E-state index >= 15 is 0 Å². The Hall–Kier alpha value is -3.07. The zero-order valence-electron chi connectivity index (χ0n) is 15.9. The largest absolute Gasteiger partial charge is 0.496 e. The quantitative estimate of drug-likeness (QED) is 0.457. The van der Waals surface area contributed by atoms with Gasteiger partial charge in [-0.3, -0.25) is 14.7 Å². The number of carbonyl (C=O) groups excluding carboxylic acids is 1. The second-order valence-electron chi connectivity index (χ2n) is 5.99. The van der Waals surface area contributed by atoms with E-state index in [0.717, 1.165) is 5.56 Å². The summed E-state index contributed by atoms with van der Waals surface area (Å²) in [5.41, 5.74) is 1.52. The third-order valence-electron chi connectivity index (χ3n) is 3.90. The number of nitrogens with one attached hydrogen (secondary N) is 1. The molecule has 2 heterocycles. The molecule has 1 unspecified atom stereocenters. The molecule has 8 nitrogen and oxygen atoms in total. The van der Waals surface area contributed by atoms with Crippen molar-refractivity contribution >= 4 is 23.6 Å². The van der Waals surface area contributed by atoms with E-state index < -0.39 is 5.25 Å². The second-order valence-corrected chi connectivity index (χ2v) is 7.30. The zero-order chi connectivity index (χ0) is 20.1. The average Bonchev–Trinajstić information content (AvgIpc) is 3.28. The number of allylic oxidation sites excluding steroid dienone is 1. The number of aromatic nitrogens is 4. The highest BCUT2D eigenvalue weighted by Crippen LogP contribution is 2.32. The van der Waals surface area contributed by atoms with E-state index in [1.165, 1.54) is 11.8 Å². The molecule has 0 saturated heterocycles. The standard InChI is InChI=1S/C19H21N5O3S/c1-5-10-24-17(14-8-6-7-9-15(14)26-4)21-22-19(24)28-13(3)18(25)20-16-11-12(2)23-27-16/h5-9,11,13H,1,10H2,2-4H3,(H,20,25). The van der Waals surface area contributed by atoms with Crippen molar-refractivity contribution in [3.8, 4) is 17.1 Å².